The molecule has 2 aromatic carbocycles. The Morgan fingerprint density at radius 2 is 1.52 bits per heavy atom. The van der Waals surface area contributed by atoms with Crippen LogP contribution in [0.25, 0.3) is 0 Å². The fourth-order valence-corrected chi connectivity index (χ4v) is 6.13. The van der Waals surface area contributed by atoms with E-state index >= 15 is 0 Å². The van der Waals surface area contributed by atoms with Gasteiger partial charge in [0.05, 0.1) is 11.6 Å². The topological polar surface area (TPSA) is 84.4 Å². The predicted octanol–water partition coefficient (Wildman–Crippen LogP) is 5.80. The Kier molecular flexibility index (Phi) is 9.03. The molecule has 228 valence electrons. The van der Waals surface area contributed by atoms with E-state index in [4.69, 9.17) is 0 Å². The van der Waals surface area contributed by atoms with E-state index in [0.29, 0.717) is 31.2 Å². The number of alkyl halides is 3. The molecule has 0 aromatic heterocycles. The molecule has 2 aromatic rings. The number of likely N-dealkylation sites (tertiary alicyclic amines) is 1. The van der Waals surface area contributed by atoms with Gasteiger partial charge in [-0.1, -0.05) is 12.1 Å². The summed E-state index contributed by atoms with van der Waals surface area (Å²) in [6.45, 7) is 2.01. The molecule has 0 spiro atoms. The lowest BCUT2D eigenvalue weighted by Crippen LogP contribution is -2.48. The zero-order valence-corrected chi connectivity index (χ0v) is 24.1. The number of amides is 4. The van der Waals surface area contributed by atoms with Gasteiger partial charge in [-0.3, -0.25) is 9.69 Å². The fourth-order valence-electron chi connectivity index (χ4n) is 6.13. The van der Waals surface area contributed by atoms with E-state index in [1.165, 1.54) is 49.0 Å². The number of carbonyl (C=O) groups excluding carboxylic acids is 2. The lowest BCUT2D eigenvalue weighted by molar-refractivity contribution is -0.137. The number of hydrogen-bond donors (Lipinski definition) is 1. The maximum atomic E-state index is 13.7. The van der Waals surface area contributed by atoms with Gasteiger partial charge in [0.15, 0.2) is 0 Å². The molecule has 12 heteroatoms. The van der Waals surface area contributed by atoms with Crippen LogP contribution in [-0.4, -0.2) is 84.2 Å². The molecule has 1 saturated heterocycles. The third kappa shape index (κ3) is 6.63. The van der Waals surface area contributed by atoms with Gasteiger partial charge in [-0.15, -0.1) is 0 Å². The summed E-state index contributed by atoms with van der Waals surface area (Å²) in [5, 5.41) is 9.28. The summed E-state index contributed by atoms with van der Waals surface area (Å²) in [6.07, 6.45) is -3.37. The van der Waals surface area contributed by atoms with Gasteiger partial charge in [0, 0.05) is 57.8 Å². The molecule has 8 nitrogen and oxygen atoms in total. The Hall–Kier alpha value is -3.83. The minimum atomic E-state index is -4.57. The number of benzene rings is 2. The van der Waals surface area contributed by atoms with Crippen molar-refractivity contribution in [3.63, 3.8) is 0 Å². The van der Waals surface area contributed by atoms with E-state index in [-0.39, 0.29) is 42.6 Å². The average Bonchev–Trinajstić information content (AvgIpc) is 3.40. The second kappa shape index (κ2) is 12.2. The van der Waals surface area contributed by atoms with E-state index in [9.17, 15) is 37.1 Å². The van der Waals surface area contributed by atoms with Crippen LogP contribution in [0.4, 0.5) is 32.8 Å². The molecule has 1 aliphatic carbocycles. The van der Waals surface area contributed by atoms with Crippen molar-refractivity contribution >= 4 is 23.7 Å². The van der Waals surface area contributed by atoms with Gasteiger partial charge in [-0.25, -0.2) is 14.0 Å². The first-order chi connectivity index (χ1) is 19.7. The highest BCUT2D eigenvalue weighted by molar-refractivity contribution is 5.92. The number of carbonyl (C=O) groups is 3. The van der Waals surface area contributed by atoms with Gasteiger partial charge < -0.3 is 19.8 Å². The van der Waals surface area contributed by atoms with E-state index in [1.807, 2.05) is 0 Å². The van der Waals surface area contributed by atoms with Crippen LogP contribution in [-0.2, 0) is 11.0 Å². The summed E-state index contributed by atoms with van der Waals surface area (Å²) in [5.41, 5.74) is 0.325. The van der Waals surface area contributed by atoms with Crippen LogP contribution < -0.4 is 4.90 Å². The largest absolute Gasteiger partial charge is 0.465 e. The Bertz CT molecular complexity index is 1310. The summed E-state index contributed by atoms with van der Waals surface area (Å²) < 4.78 is 54.1. The molecular weight excluding hydrogens is 556 g/mol. The highest BCUT2D eigenvalue weighted by atomic mass is 19.4. The smallest absolute Gasteiger partial charge is 0.416 e. The van der Waals surface area contributed by atoms with Gasteiger partial charge in [0.1, 0.15) is 5.82 Å². The number of nitrogens with zero attached hydrogens (tertiary/aromatic N) is 4. The van der Waals surface area contributed by atoms with Crippen molar-refractivity contribution < 1.29 is 37.1 Å². The molecule has 1 N–H and O–H groups in total. The minimum Gasteiger partial charge on any atom is -0.465 e. The van der Waals surface area contributed by atoms with Crippen molar-refractivity contribution in [2.24, 2.45) is 5.92 Å². The third-order valence-electron chi connectivity index (χ3n) is 8.66. The highest BCUT2D eigenvalue weighted by Crippen LogP contribution is 2.36. The Morgan fingerprint density at radius 1 is 0.905 bits per heavy atom. The van der Waals surface area contributed by atoms with Gasteiger partial charge in [0.2, 0.25) is 5.91 Å². The predicted molar refractivity (Wildman–Crippen MR) is 149 cm³/mol. The van der Waals surface area contributed by atoms with Crippen LogP contribution in [0.1, 0.15) is 48.3 Å². The molecular formula is C30H36F4N4O4. The molecule has 1 heterocycles. The number of aryl methyl sites for hydroxylation is 1. The normalized spacial score (nSPS) is 22.5. The lowest BCUT2D eigenvalue weighted by Gasteiger charge is -2.34. The van der Waals surface area contributed by atoms with E-state index in [2.05, 4.69) is 0 Å². The van der Waals surface area contributed by atoms with Crippen molar-refractivity contribution in [3.05, 3.63) is 65.0 Å². The van der Waals surface area contributed by atoms with Crippen molar-refractivity contribution in [3.8, 4) is 0 Å². The molecule has 1 saturated carbocycles. The maximum Gasteiger partial charge on any atom is 0.416 e. The zero-order valence-electron chi connectivity index (χ0n) is 24.1. The number of rotatable bonds is 5. The number of likely N-dealkylation sites (N-methyl/N-ethyl adjacent to an activating group) is 1. The molecule has 42 heavy (non-hydrogen) atoms. The number of carboxylic acid groups (broad SMARTS) is 1. The Morgan fingerprint density at radius 3 is 2.10 bits per heavy atom. The Labute approximate surface area is 242 Å². The van der Waals surface area contributed by atoms with Crippen molar-refractivity contribution in [2.45, 2.75) is 56.8 Å². The molecule has 2 atom stereocenters. The number of hydrogen-bond acceptors (Lipinski definition) is 3. The van der Waals surface area contributed by atoms with Gasteiger partial charge in [0.25, 0.3) is 0 Å². The molecule has 4 rings (SSSR count). The SMILES string of the molecule is Cc1cc(N(C)C(=O)N(C)[C@@H]2CN(C(=O)C3CCC(N(C)C(=O)O)CC3)C[C@H]2c2ccc(F)cc2)cc(C(F)(F)F)c1. The van der Waals surface area contributed by atoms with E-state index < -0.39 is 35.7 Å². The number of urea groups is 1. The Balaban J connectivity index is 1.54. The first-order valence-corrected chi connectivity index (χ1v) is 13.9. The van der Waals surface area contributed by atoms with Crippen LogP contribution in [0.15, 0.2) is 42.5 Å². The zero-order chi connectivity index (χ0) is 30.9. The van der Waals surface area contributed by atoms with Crippen LogP contribution in [0.3, 0.4) is 0 Å². The summed E-state index contributed by atoms with van der Waals surface area (Å²) in [6, 6.07) is 8.10. The molecule has 0 bridgehead atoms. The summed E-state index contributed by atoms with van der Waals surface area (Å²) >= 11 is 0. The van der Waals surface area contributed by atoms with Crippen molar-refractivity contribution in [2.75, 3.05) is 39.1 Å². The second-order valence-corrected chi connectivity index (χ2v) is 11.4. The highest BCUT2D eigenvalue weighted by Gasteiger charge is 2.43. The third-order valence-corrected chi connectivity index (χ3v) is 8.66. The summed E-state index contributed by atoms with van der Waals surface area (Å²) in [5.74, 6) is -1.14. The summed E-state index contributed by atoms with van der Waals surface area (Å²) in [4.78, 5) is 44.1. The lowest BCUT2D eigenvalue weighted by atomic mass is 9.84. The van der Waals surface area contributed by atoms with Crippen LogP contribution >= 0.6 is 0 Å². The molecule has 2 aliphatic rings. The number of anilines is 1. The standard InChI is InChI=1S/C30H36F4N4O4/c1-18-13-21(30(32,33)34)15-24(14-18)35(2)28(40)37(4)26-17-38(16-25(26)19-5-9-22(31)10-6-19)27(39)20-7-11-23(12-8-20)36(3)29(41)42/h5-6,9-10,13-15,20,23,25-26H,7-8,11-12,16-17H2,1-4H3,(H,41,42)/t20?,23?,25-,26+/m0/s1. The second-order valence-electron chi connectivity index (χ2n) is 11.4. The molecule has 2 fully saturated rings. The molecule has 0 radical (unpaired) electrons. The molecule has 0 unspecified atom stereocenters. The van der Waals surface area contributed by atoms with Crippen LogP contribution in [0.5, 0.6) is 0 Å². The minimum absolute atomic E-state index is 0.0799. The van der Waals surface area contributed by atoms with Gasteiger partial charge in [-0.2, -0.15) is 13.2 Å². The van der Waals surface area contributed by atoms with Gasteiger partial charge in [-0.05, 0) is 74.1 Å². The monoisotopic (exact) mass is 592 g/mol. The van der Waals surface area contributed by atoms with Crippen molar-refractivity contribution in [1.82, 2.24) is 14.7 Å². The van der Waals surface area contributed by atoms with Crippen LogP contribution in [0, 0.1) is 18.7 Å². The van der Waals surface area contributed by atoms with Gasteiger partial charge >= 0.3 is 18.3 Å². The first kappa shape index (κ1) is 31.1. The number of halogens is 4. The fraction of sp³-hybridized carbons (Fsp3) is 0.500. The quantitative estimate of drug-likeness (QED) is 0.445. The maximum absolute atomic E-state index is 13.7. The summed E-state index contributed by atoms with van der Waals surface area (Å²) in [7, 11) is 4.49. The van der Waals surface area contributed by atoms with E-state index in [0.717, 1.165) is 22.6 Å². The van der Waals surface area contributed by atoms with E-state index in [1.54, 1.807) is 24.1 Å². The van der Waals surface area contributed by atoms with Crippen molar-refractivity contribution in [1.29, 1.82) is 0 Å². The van der Waals surface area contributed by atoms with Crippen LogP contribution in [0.2, 0.25) is 0 Å². The first-order valence-electron chi connectivity index (χ1n) is 13.9. The average molecular weight is 593 g/mol. The molecule has 4 amide bonds. The molecule has 1 aliphatic heterocycles.